The van der Waals surface area contributed by atoms with Gasteiger partial charge < -0.3 is 14.8 Å². The fourth-order valence-corrected chi connectivity index (χ4v) is 5.52. The summed E-state index contributed by atoms with van der Waals surface area (Å²) < 4.78 is 11.0. The predicted molar refractivity (Wildman–Crippen MR) is 97.0 cm³/mol. The Kier molecular flexibility index (Phi) is 4.59. The standard InChI is InChI=1S/C20H27N3O3/c1-3-4-25-19-21-13(2)5-18(22-19)26-12-17(24)23-20-9-14-6-15(10-20)8-16(7-14)11-20/h3,5,14-16H,1,4,6-12H2,2H3,(H,23,24). The van der Waals surface area contributed by atoms with E-state index in [1.54, 1.807) is 12.1 Å². The number of amides is 1. The van der Waals surface area contributed by atoms with Gasteiger partial charge in [-0.25, -0.2) is 4.98 Å². The zero-order chi connectivity index (χ0) is 18.1. The molecule has 4 aliphatic rings. The van der Waals surface area contributed by atoms with E-state index in [1.807, 2.05) is 6.92 Å². The molecule has 1 aromatic rings. The molecular formula is C20H27N3O3. The fourth-order valence-electron chi connectivity index (χ4n) is 5.52. The predicted octanol–water partition coefficient (Wildman–Crippen LogP) is 2.81. The minimum atomic E-state index is -0.0585. The molecule has 26 heavy (non-hydrogen) atoms. The lowest BCUT2D eigenvalue weighted by Crippen LogP contribution is -2.60. The van der Waals surface area contributed by atoms with Crippen LogP contribution in [0.25, 0.3) is 0 Å². The van der Waals surface area contributed by atoms with E-state index in [1.165, 1.54) is 19.3 Å². The highest BCUT2D eigenvalue weighted by Crippen LogP contribution is 2.55. The highest BCUT2D eigenvalue weighted by Gasteiger charge is 2.51. The molecule has 4 fully saturated rings. The Bertz CT molecular complexity index is 668. The number of hydrogen-bond acceptors (Lipinski definition) is 5. The summed E-state index contributed by atoms with van der Waals surface area (Å²) >= 11 is 0. The number of ether oxygens (including phenoxy) is 2. The molecule has 4 aliphatic carbocycles. The Labute approximate surface area is 154 Å². The fraction of sp³-hybridized carbons (Fsp3) is 0.650. The maximum atomic E-state index is 12.5. The third kappa shape index (κ3) is 3.69. The van der Waals surface area contributed by atoms with Crippen molar-refractivity contribution in [2.24, 2.45) is 17.8 Å². The second-order valence-corrected chi connectivity index (χ2v) is 8.26. The molecule has 1 heterocycles. The lowest BCUT2D eigenvalue weighted by atomic mass is 9.53. The van der Waals surface area contributed by atoms with E-state index in [2.05, 4.69) is 21.9 Å². The topological polar surface area (TPSA) is 73.3 Å². The Morgan fingerprint density at radius 1 is 1.23 bits per heavy atom. The Morgan fingerprint density at radius 2 is 1.88 bits per heavy atom. The first-order valence-electron chi connectivity index (χ1n) is 9.57. The molecule has 0 spiro atoms. The quantitative estimate of drug-likeness (QED) is 0.760. The van der Waals surface area contributed by atoms with E-state index in [4.69, 9.17) is 9.47 Å². The average molecular weight is 357 g/mol. The van der Waals surface area contributed by atoms with Gasteiger partial charge in [0.25, 0.3) is 5.91 Å². The van der Waals surface area contributed by atoms with Gasteiger partial charge in [-0.05, 0) is 63.2 Å². The van der Waals surface area contributed by atoms with Crippen LogP contribution in [0.1, 0.15) is 44.2 Å². The van der Waals surface area contributed by atoms with Crippen LogP contribution >= 0.6 is 0 Å². The van der Waals surface area contributed by atoms with Crippen LogP contribution in [0.3, 0.4) is 0 Å². The van der Waals surface area contributed by atoms with Crippen molar-refractivity contribution in [1.82, 2.24) is 15.3 Å². The number of carbonyl (C=O) groups is 1. The monoisotopic (exact) mass is 357 g/mol. The molecule has 1 aromatic heterocycles. The smallest absolute Gasteiger partial charge is 0.320 e. The molecular weight excluding hydrogens is 330 g/mol. The first-order chi connectivity index (χ1) is 12.5. The number of nitrogens with one attached hydrogen (secondary N) is 1. The maximum absolute atomic E-state index is 12.5. The van der Waals surface area contributed by atoms with Crippen molar-refractivity contribution in [2.75, 3.05) is 13.2 Å². The number of aryl methyl sites for hydroxylation is 1. The maximum Gasteiger partial charge on any atom is 0.320 e. The molecule has 0 aromatic carbocycles. The molecule has 4 saturated carbocycles. The lowest BCUT2D eigenvalue weighted by Gasteiger charge is -2.56. The second-order valence-electron chi connectivity index (χ2n) is 8.26. The minimum absolute atomic E-state index is 0.00894. The van der Waals surface area contributed by atoms with Crippen LogP contribution in [0.5, 0.6) is 11.9 Å². The summed E-state index contributed by atoms with van der Waals surface area (Å²) in [6, 6.07) is 1.94. The molecule has 4 bridgehead atoms. The van der Waals surface area contributed by atoms with Gasteiger partial charge in [-0.3, -0.25) is 4.79 Å². The molecule has 6 nitrogen and oxygen atoms in total. The SMILES string of the molecule is C=CCOc1nc(C)cc(OCC(=O)NC23CC4CC(CC(C4)C2)C3)n1. The van der Waals surface area contributed by atoms with Crippen LogP contribution < -0.4 is 14.8 Å². The summed E-state index contributed by atoms with van der Waals surface area (Å²) in [5, 5.41) is 3.31. The highest BCUT2D eigenvalue weighted by molar-refractivity contribution is 5.78. The number of carbonyl (C=O) groups excluding carboxylic acids is 1. The van der Waals surface area contributed by atoms with Gasteiger partial charge in [-0.2, -0.15) is 4.98 Å². The first-order valence-corrected chi connectivity index (χ1v) is 9.57. The van der Waals surface area contributed by atoms with E-state index in [-0.39, 0.29) is 24.1 Å². The molecule has 1 N–H and O–H groups in total. The summed E-state index contributed by atoms with van der Waals surface area (Å²) in [5.41, 5.74) is 0.741. The van der Waals surface area contributed by atoms with E-state index in [9.17, 15) is 4.79 Å². The van der Waals surface area contributed by atoms with E-state index in [0.29, 0.717) is 12.5 Å². The van der Waals surface area contributed by atoms with Crippen molar-refractivity contribution in [3.05, 3.63) is 24.4 Å². The highest BCUT2D eigenvalue weighted by atomic mass is 16.5. The van der Waals surface area contributed by atoms with E-state index < -0.39 is 0 Å². The molecule has 1 amide bonds. The van der Waals surface area contributed by atoms with Gasteiger partial charge in [0.15, 0.2) is 6.61 Å². The summed E-state index contributed by atoms with van der Waals surface area (Å²) in [5.74, 6) is 2.71. The number of rotatable bonds is 7. The van der Waals surface area contributed by atoms with Crippen molar-refractivity contribution >= 4 is 5.91 Å². The molecule has 0 aliphatic heterocycles. The Hall–Kier alpha value is -2.11. The number of nitrogens with zero attached hydrogens (tertiary/aromatic N) is 2. The van der Waals surface area contributed by atoms with Crippen molar-refractivity contribution in [2.45, 2.75) is 51.0 Å². The Balaban J connectivity index is 1.34. The normalized spacial score (nSPS) is 31.5. The summed E-state index contributed by atoms with van der Waals surface area (Å²) in [4.78, 5) is 20.9. The average Bonchev–Trinajstić information content (AvgIpc) is 2.56. The van der Waals surface area contributed by atoms with Gasteiger partial charge in [-0.15, -0.1) is 0 Å². The van der Waals surface area contributed by atoms with Crippen molar-refractivity contribution < 1.29 is 14.3 Å². The van der Waals surface area contributed by atoms with Crippen LogP contribution in [-0.4, -0.2) is 34.6 Å². The lowest BCUT2D eigenvalue weighted by molar-refractivity contribution is -0.128. The minimum Gasteiger partial charge on any atom is -0.467 e. The van der Waals surface area contributed by atoms with Crippen molar-refractivity contribution in [3.63, 3.8) is 0 Å². The molecule has 140 valence electrons. The molecule has 6 heteroatoms. The van der Waals surface area contributed by atoms with Gasteiger partial charge in [0.1, 0.15) is 6.61 Å². The summed E-state index contributed by atoms with van der Waals surface area (Å²) in [6.45, 7) is 5.74. The molecule has 0 atom stereocenters. The van der Waals surface area contributed by atoms with Crippen molar-refractivity contribution in [1.29, 1.82) is 0 Å². The second kappa shape index (κ2) is 6.89. The van der Waals surface area contributed by atoms with Gasteiger partial charge in [0.05, 0.1) is 0 Å². The Morgan fingerprint density at radius 3 is 2.50 bits per heavy atom. The molecule has 0 saturated heterocycles. The van der Waals surface area contributed by atoms with Gasteiger partial charge in [0.2, 0.25) is 5.88 Å². The summed E-state index contributed by atoms with van der Waals surface area (Å²) in [7, 11) is 0. The number of hydrogen-bond donors (Lipinski definition) is 1. The zero-order valence-electron chi connectivity index (χ0n) is 15.4. The first kappa shape index (κ1) is 17.3. The number of aromatic nitrogens is 2. The molecule has 0 unspecified atom stereocenters. The largest absolute Gasteiger partial charge is 0.467 e. The van der Waals surface area contributed by atoms with Crippen LogP contribution in [0.4, 0.5) is 0 Å². The van der Waals surface area contributed by atoms with Crippen molar-refractivity contribution in [3.8, 4) is 11.9 Å². The van der Waals surface area contributed by atoms with Gasteiger partial charge >= 0.3 is 6.01 Å². The summed E-state index contributed by atoms with van der Waals surface area (Å²) in [6.07, 6.45) is 9.12. The van der Waals surface area contributed by atoms with Crippen LogP contribution in [-0.2, 0) is 4.79 Å². The van der Waals surface area contributed by atoms with Crippen LogP contribution in [0.15, 0.2) is 18.7 Å². The van der Waals surface area contributed by atoms with Crippen LogP contribution in [0.2, 0.25) is 0 Å². The van der Waals surface area contributed by atoms with E-state index >= 15 is 0 Å². The zero-order valence-corrected chi connectivity index (χ0v) is 15.4. The molecule has 5 rings (SSSR count). The molecule has 0 radical (unpaired) electrons. The third-order valence-electron chi connectivity index (χ3n) is 5.93. The van der Waals surface area contributed by atoms with Crippen LogP contribution in [0, 0.1) is 24.7 Å². The van der Waals surface area contributed by atoms with E-state index in [0.717, 1.165) is 42.7 Å². The van der Waals surface area contributed by atoms with Gasteiger partial charge in [-0.1, -0.05) is 12.7 Å². The third-order valence-corrected chi connectivity index (χ3v) is 5.93. The van der Waals surface area contributed by atoms with Gasteiger partial charge in [0, 0.05) is 17.3 Å².